The quantitative estimate of drug-likeness (QED) is 0.789. The smallest absolute Gasteiger partial charge is 0.383 e. The number of nitrogens with one attached hydrogen (secondary N) is 1. The predicted octanol–water partition coefficient (Wildman–Crippen LogP) is 4.94. The Morgan fingerprint density at radius 1 is 1.11 bits per heavy atom. The molecule has 0 fully saturated rings. The summed E-state index contributed by atoms with van der Waals surface area (Å²) in [5, 5.41) is 3.22. The summed E-state index contributed by atoms with van der Waals surface area (Å²) in [4.78, 5) is 0. The minimum absolute atomic E-state index is 0.261. The van der Waals surface area contributed by atoms with Crippen LogP contribution < -0.4 is 5.32 Å². The largest absolute Gasteiger partial charge is 0.416 e. The molecule has 1 aromatic rings. The third kappa shape index (κ3) is 4.59. The first-order valence-corrected chi connectivity index (χ1v) is 6.26. The summed E-state index contributed by atoms with van der Waals surface area (Å²) in [5.41, 5.74) is 0.126. The Kier molecular flexibility index (Phi) is 5.05. The van der Waals surface area contributed by atoms with Crippen LogP contribution >= 0.6 is 0 Å². The average Bonchev–Trinajstić information content (AvgIpc) is 2.28. The molecule has 1 aromatic carbocycles. The number of hydrogen-bond acceptors (Lipinski definition) is 1. The minimum Gasteiger partial charge on any atom is -0.383 e. The van der Waals surface area contributed by atoms with E-state index in [0.717, 1.165) is 30.7 Å². The Morgan fingerprint density at radius 3 is 2.11 bits per heavy atom. The summed E-state index contributed by atoms with van der Waals surface area (Å²) in [6.07, 6.45) is -2.14. The third-order valence-electron chi connectivity index (χ3n) is 3.08. The molecule has 0 spiro atoms. The summed E-state index contributed by atoms with van der Waals surface area (Å²) in [6.45, 7) is 6.35. The molecule has 2 unspecified atom stereocenters. The highest BCUT2D eigenvalue weighted by Gasteiger charge is 2.29. The fraction of sp³-hybridized carbons (Fsp3) is 0.571. The van der Waals surface area contributed by atoms with Gasteiger partial charge in [0.1, 0.15) is 0 Å². The van der Waals surface area contributed by atoms with E-state index in [1.165, 1.54) is 12.1 Å². The van der Waals surface area contributed by atoms with Crippen LogP contribution in [0.4, 0.5) is 18.9 Å². The molecular formula is C14H20F3N. The van der Waals surface area contributed by atoms with Gasteiger partial charge in [-0.05, 0) is 43.5 Å². The van der Waals surface area contributed by atoms with Crippen LogP contribution in [0.15, 0.2) is 24.3 Å². The Labute approximate surface area is 106 Å². The fourth-order valence-electron chi connectivity index (χ4n) is 1.87. The van der Waals surface area contributed by atoms with E-state index >= 15 is 0 Å². The molecule has 1 N–H and O–H groups in total. The van der Waals surface area contributed by atoms with E-state index in [1.807, 2.05) is 6.92 Å². The average molecular weight is 259 g/mol. The minimum atomic E-state index is -4.26. The van der Waals surface area contributed by atoms with Crippen LogP contribution in [0.3, 0.4) is 0 Å². The van der Waals surface area contributed by atoms with Crippen LogP contribution in [0.5, 0.6) is 0 Å². The molecule has 0 aromatic heterocycles. The first-order chi connectivity index (χ1) is 8.32. The molecule has 0 bridgehead atoms. The highest BCUT2D eigenvalue weighted by molar-refractivity contribution is 5.45. The second-order valence-corrected chi connectivity index (χ2v) is 4.87. The lowest BCUT2D eigenvalue weighted by molar-refractivity contribution is -0.137. The molecule has 0 aliphatic carbocycles. The zero-order chi connectivity index (χ0) is 13.8. The van der Waals surface area contributed by atoms with Crippen molar-refractivity contribution in [1.29, 1.82) is 0 Å². The van der Waals surface area contributed by atoms with Crippen LogP contribution in [-0.2, 0) is 6.18 Å². The van der Waals surface area contributed by atoms with Gasteiger partial charge >= 0.3 is 6.18 Å². The molecule has 0 saturated heterocycles. The molecular weight excluding hydrogens is 239 g/mol. The lowest BCUT2D eigenvalue weighted by Crippen LogP contribution is -2.18. The molecule has 1 nitrogen and oxygen atoms in total. The summed E-state index contributed by atoms with van der Waals surface area (Å²) >= 11 is 0. The molecule has 4 heteroatoms. The highest BCUT2D eigenvalue weighted by Crippen LogP contribution is 2.30. The zero-order valence-corrected chi connectivity index (χ0v) is 11.0. The number of rotatable bonds is 5. The van der Waals surface area contributed by atoms with Gasteiger partial charge in [0.05, 0.1) is 5.56 Å². The van der Waals surface area contributed by atoms with Crippen molar-refractivity contribution in [2.24, 2.45) is 5.92 Å². The third-order valence-corrected chi connectivity index (χ3v) is 3.08. The van der Waals surface area contributed by atoms with Gasteiger partial charge in [0.2, 0.25) is 0 Å². The van der Waals surface area contributed by atoms with Crippen molar-refractivity contribution in [3.05, 3.63) is 29.8 Å². The van der Waals surface area contributed by atoms with Gasteiger partial charge in [-0.25, -0.2) is 0 Å². The highest BCUT2D eigenvalue weighted by atomic mass is 19.4. The molecule has 0 amide bonds. The van der Waals surface area contributed by atoms with E-state index in [4.69, 9.17) is 0 Å². The van der Waals surface area contributed by atoms with E-state index < -0.39 is 11.7 Å². The van der Waals surface area contributed by atoms with E-state index in [2.05, 4.69) is 19.2 Å². The van der Waals surface area contributed by atoms with Gasteiger partial charge in [-0.1, -0.05) is 20.3 Å². The van der Waals surface area contributed by atoms with Crippen molar-refractivity contribution in [3.63, 3.8) is 0 Å². The maximum absolute atomic E-state index is 12.4. The predicted molar refractivity (Wildman–Crippen MR) is 68.6 cm³/mol. The van der Waals surface area contributed by atoms with E-state index in [0.29, 0.717) is 5.92 Å². The lowest BCUT2D eigenvalue weighted by Gasteiger charge is -2.19. The maximum Gasteiger partial charge on any atom is 0.416 e. The second kappa shape index (κ2) is 6.12. The maximum atomic E-state index is 12.4. The Morgan fingerprint density at radius 2 is 1.67 bits per heavy atom. The van der Waals surface area contributed by atoms with Crippen LogP contribution in [0.2, 0.25) is 0 Å². The Balaban J connectivity index is 2.58. The molecule has 18 heavy (non-hydrogen) atoms. The fourth-order valence-corrected chi connectivity index (χ4v) is 1.87. The Bertz CT molecular complexity index is 356. The van der Waals surface area contributed by atoms with Gasteiger partial charge in [0.15, 0.2) is 0 Å². The monoisotopic (exact) mass is 259 g/mol. The van der Waals surface area contributed by atoms with Crippen molar-refractivity contribution >= 4 is 5.69 Å². The van der Waals surface area contributed by atoms with Gasteiger partial charge in [-0.3, -0.25) is 0 Å². The summed E-state index contributed by atoms with van der Waals surface area (Å²) in [5.74, 6) is 0.613. The van der Waals surface area contributed by atoms with Crippen LogP contribution in [-0.4, -0.2) is 6.04 Å². The lowest BCUT2D eigenvalue weighted by atomic mass is 10.0. The molecule has 0 aliphatic heterocycles. The summed E-state index contributed by atoms with van der Waals surface area (Å²) in [6, 6.07) is 5.44. The van der Waals surface area contributed by atoms with Crippen LogP contribution in [0, 0.1) is 5.92 Å². The molecule has 0 heterocycles. The molecule has 1 rings (SSSR count). The summed E-state index contributed by atoms with van der Waals surface area (Å²) in [7, 11) is 0. The van der Waals surface area contributed by atoms with Crippen molar-refractivity contribution in [2.75, 3.05) is 5.32 Å². The van der Waals surface area contributed by atoms with Crippen LogP contribution in [0.25, 0.3) is 0 Å². The van der Waals surface area contributed by atoms with E-state index in [-0.39, 0.29) is 6.04 Å². The molecule has 2 atom stereocenters. The van der Waals surface area contributed by atoms with E-state index in [1.54, 1.807) is 0 Å². The standard InChI is InChI=1S/C14H20F3N/c1-4-10(2)9-11(3)18-13-7-5-12(6-8-13)14(15,16)17/h5-8,10-11,18H,4,9H2,1-3H3. The molecule has 0 saturated carbocycles. The van der Waals surface area contributed by atoms with Gasteiger partial charge in [0, 0.05) is 11.7 Å². The number of alkyl halides is 3. The molecule has 0 aliphatic rings. The summed E-state index contributed by atoms with van der Waals surface area (Å²) < 4.78 is 37.1. The van der Waals surface area contributed by atoms with Gasteiger partial charge in [-0.2, -0.15) is 13.2 Å². The second-order valence-electron chi connectivity index (χ2n) is 4.87. The van der Waals surface area contributed by atoms with Gasteiger partial charge < -0.3 is 5.32 Å². The topological polar surface area (TPSA) is 12.0 Å². The van der Waals surface area contributed by atoms with Gasteiger partial charge in [-0.15, -0.1) is 0 Å². The number of halogens is 3. The first-order valence-electron chi connectivity index (χ1n) is 6.26. The van der Waals surface area contributed by atoms with Crippen molar-refractivity contribution in [2.45, 2.75) is 45.8 Å². The van der Waals surface area contributed by atoms with Gasteiger partial charge in [0.25, 0.3) is 0 Å². The first kappa shape index (κ1) is 14.9. The number of hydrogen-bond donors (Lipinski definition) is 1. The zero-order valence-electron chi connectivity index (χ0n) is 11.0. The van der Waals surface area contributed by atoms with Crippen molar-refractivity contribution in [1.82, 2.24) is 0 Å². The van der Waals surface area contributed by atoms with Crippen molar-refractivity contribution in [3.8, 4) is 0 Å². The number of benzene rings is 1. The van der Waals surface area contributed by atoms with Crippen molar-refractivity contribution < 1.29 is 13.2 Å². The van der Waals surface area contributed by atoms with Crippen LogP contribution in [0.1, 0.15) is 39.2 Å². The van der Waals surface area contributed by atoms with E-state index in [9.17, 15) is 13.2 Å². The molecule has 102 valence electrons. The normalized spacial score (nSPS) is 15.2. The number of anilines is 1. The Hall–Kier alpha value is -1.19. The SMILES string of the molecule is CCC(C)CC(C)Nc1ccc(C(F)(F)F)cc1. The molecule has 0 radical (unpaired) electrons.